The van der Waals surface area contributed by atoms with E-state index in [1.54, 1.807) is 6.20 Å². The molecule has 0 atom stereocenters. The van der Waals surface area contributed by atoms with Crippen LogP contribution in [0.25, 0.3) is 5.69 Å². The maximum absolute atomic E-state index is 13.0. The molecule has 1 saturated carbocycles. The smallest absolute Gasteiger partial charge is 0.253 e. The van der Waals surface area contributed by atoms with Crippen molar-refractivity contribution in [2.24, 2.45) is 5.92 Å². The van der Waals surface area contributed by atoms with Crippen molar-refractivity contribution in [2.75, 3.05) is 19.6 Å². The van der Waals surface area contributed by atoms with Crippen LogP contribution in [0.1, 0.15) is 66.7 Å². The first-order valence-electron chi connectivity index (χ1n) is 11.2. The molecule has 0 aromatic carbocycles. The fraction of sp³-hybridized carbons (Fsp3) is 0.583. The molecular formula is C24H34N4O. The van der Waals surface area contributed by atoms with E-state index in [1.807, 2.05) is 38.2 Å². The van der Waals surface area contributed by atoms with Crippen molar-refractivity contribution in [3.8, 4) is 5.69 Å². The zero-order valence-electron chi connectivity index (χ0n) is 17.9. The van der Waals surface area contributed by atoms with E-state index in [1.165, 1.54) is 38.6 Å². The number of nitrogens with zero attached hydrogens (tertiary/aromatic N) is 3. The minimum Gasteiger partial charge on any atom is -0.349 e. The minimum atomic E-state index is 0.0546. The van der Waals surface area contributed by atoms with Crippen LogP contribution < -0.4 is 5.32 Å². The second-order valence-electron chi connectivity index (χ2n) is 8.88. The van der Waals surface area contributed by atoms with Gasteiger partial charge in [-0.15, -0.1) is 0 Å². The van der Waals surface area contributed by atoms with Crippen molar-refractivity contribution in [1.82, 2.24) is 19.8 Å². The average Bonchev–Trinajstić information content (AvgIpc) is 3.05. The summed E-state index contributed by atoms with van der Waals surface area (Å²) in [6.07, 6.45) is 12.8. The molecular weight excluding hydrogens is 360 g/mol. The largest absolute Gasteiger partial charge is 0.349 e. The van der Waals surface area contributed by atoms with Crippen molar-refractivity contribution in [3.63, 3.8) is 0 Å². The number of carbonyl (C=O) groups excluding carboxylic acids is 1. The minimum absolute atomic E-state index is 0.0546. The first-order valence-corrected chi connectivity index (χ1v) is 11.2. The number of rotatable bonds is 5. The van der Waals surface area contributed by atoms with Crippen LogP contribution in [0.3, 0.4) is 0 Å². The second-order valence-corrected chi connectivity index (χ2v) is 8.88. The highest BCUT2D eigenvalue weighted by Gasteiger charge is 2.25. The Morgan fingerprint density at radius 1 is 1.14 bits per heavy atom. The molecule has 5 nitrogen and oxygen atoms in total. The third-order valence-electron chi connectivity index (χ3n) is 6.74. The second kappa shape index (κ2) is 9.12. The van der Waals surface area contributed by atoms with Gasteiger partial charge < -0.3 is 14.8 Å². The van der Waals surface area contributed by atoms with Crippen molar-refractivity contribution < 1.29 is 4.79 Å². The molecule has 1 amide bonds. The Hall–Kier alpha value is -2.14. The summed E-state index contributed by atoms with van der Waals surface area (Å²) < 4.78 is 2.11. The highest BCUT2D eigenvalue weighted by Crippen LogP contribution is 2.26. The Morgan fingerprint density at radius 2 is 1.90 bits per heavy atom. The van der Waals surface area contributed by atoms with Gasteiger partial charge in [0.05, 0.1) is 17.4 Å². The molecule has 2 aliphatic rings. The van der Waals surface area contributed by atoms with Crippen LogP contribution in [0, 0.1) is 19.8 Å². The molecule has 1 aliphatic carbocycles. The average molecular weight is 395 g/mol. The van der Waals surface area contributed by atoms with Crippen LogP contribution in [0.4, 0.5) is 0 Å². The molecule has 2 aromatic heterocycles. The Balaban J connectivity index is 1.33. The van der Waals surface area contributed by atoms with E-state index in [0.717, 1.165) is 54.5 Å². The number of aromatic nitrogens is 2. The van der Waals surface area contributed by atoms with Crippen LogP contribution in [0.5, 0.6) is 0 Å². The summed E-state index contributed by atoms with van der Waals surface area (Å²) in [5.74, 6) is 0.951. The molecule has 2 fully saturated rings. The lowest BCUT2D eigenvalue weighted by Gasteiger charge is -2.35. The van der Waals surface area contributed by atoms with Crippen molar-refractivity contribution in [1.29, 1.82) is 0 Å². The zero-order valence-corrected chi connectivity index (χ0v) is 17.9. The summed E-state index contributed by atoms with van der Waals surface area (Å²) in [7, 11) is 0. The summed E-state index contributed by atoms with van der Waals surface area (Å²) in [4.78, 5) is 19.8. The van der Waals surface area contributed by atoms with E-state index in [2.05, 4.69) is 19.8 Å². The van der Waals surface area contributed by atoms with Gasteiger partial charge in [0.25, 0.3) is 5.91 Å². The van der Waals surface area contributed by atoms with Gasteiger partial charge in [-0.25, -0.2) is 0 Å². The van der Waals surface area contributed by atoms with Crippen LogP contribution >= 0.6 is 0 Å². The lowest BCUT2D eigenvalue weighted by atomic mass is 9.88. The predicted octanol–water partition coefficient (Wildman–Crippen LogP) is 4.26. The predicted molar refractivity (Wildman–Crippen MR) is 117 cm³/mol. The zero-order chi connectivity index (χ0) is 20.2. The fourth-order valence-corrected chi connectivity index (χ4v) is 5.13. The Labute approximate surface area is 174 Å². The van der Waals surface area contributed by atoms with Gasteiger partial charge in [0.1, 0.15) is 0 Å². The molecule has 2 aromatic rings. The van der Waals surface area contributed by atoms with E-state index < -0.39 is 0 Å². The SMILES string of the molecule is Cc1cc(C(=O)NC2CCN(CC3CCCCC3)CC2)c(C)n1-c1cccnc1. The van der Waals surface area contributed by atoms with E-state index >= 15 is 0 Å². The number of hydrogen-bond acceptors (Lipinski definition) is 3. The lowest BCUT2D eigenvalue weighted by molar-refractivity contribution is 0.0901. The number of piperidine rings is 1. The van der Waals surface area contributed by atoms with Gasteiger partial charge >= 0.3 is 0 Å². The van der Waals surface area contributed by atoms with Crippen molar-refractivity contribution >= 4 is 5.91 Å². The molecule has 1 aliphatic heterocycles. The normalized spacial score (nSPS) is 19.4. The molecule has 3 heterocycles. The first-order chi connectivity index (χ1) is 14.1. The van der Waals surface area contributed by atoms with E-state index in [-0.39, 0.29) is 11.9 Å². The van der Waals surface area contributed by atoms with Gasteiger partial charge in [-0.3, -0.25) is 9.78 Å². The molecule has 0 bridgehead atoms. The Kier molecular flexibility index (Phi) is 6.34. The van der Waals surface area contributed by atoms with Gasteiger partial charge in [-0.2, -0.15) is 0 Å². The van der Waals surface area contributed by atoms with Crippen LogP contribution in [0.15, 0.2) is 30.6 Å². The quantitative estimate of drug-likeness (QED) is 0.824. The standard InChI is InChI=1S/C24H34N4O/c1-18-15-23(19(2)28(18)22-9-6-12-25-16-22)24(29)26-21-10-13-27(14-11-21)17-20-7-4-3-5-8-20/h6,9,12,15-16,20-21H,3-5,7-8,10-11,13-14,17H2,1-2H3,(H,26,29). The summed E-state index contributed by atoms with van der Waals surface area (Å²) in [6.45, 7) is 7.53. The third kappa shape index (κ3) is 4.72. The van der Waals surface area contributed by atoms with Crippen molar-refractivity contribution in [3.05, 3.63) is 47.5 Å². The molecule has 5 heteroatoms. The Morgan fingerprint density at radius 3 is 2.59 bits per heavy atom. The van der Waals surface area contributed by atoms with Gasteiger partial charge in [-0.1, -0.05) is 19.3 Å². The molecule has 1 N–H and O–H groups in total. The Bertz CT molecular complexity index is 815. The van der Waals surface area contributed by atoms with E-state index in [0.29, 0.717) is 0 Å². The van der Waals surface area contributed by atoms with Crippen LogP contribution in [0.2, 0.25) is 0 Å². The number of carbonyl (C=O) groups is 1. The first kappa shape index (κ1) is 20.1. The fourth-order valence-electron chi connectivity index (χ4n) is 5.13. The maximum Gasteiger partial charge on any atom is 0.253 e. The van der Waals surface area contributed by atoms with E-state index in [9.17, 15) is 4.79 Å². The van der Waals surface area contributed by atoms with Gasteiger partial charge in [0.2, 0.25) is 0 Å². The highest BCUT2D eigenvalue weighted by molar-refractivity contribution is 5.96. The third-order valence-corrected chi connectivity index (χ3v) is 6.74. The molecule has 0 unspecified atom stereocenters. The summed E-state index contributed by atoms with van der Waals surface area (Å²) in [5.41, 5.74) is 3.80. The van der Waals surface area contributed by atoms with Gasteiger partial charge in [-0.05, 0) is 63.6 Å². The maximum atomic E-state index is 13.0. The van der Waals surface area contributed by atoms with E-state index in [4.69, 9.17) is 0 Å². The molecule has 1 saturated heterocycles. The van der Waals surface area contributed by atoms with Gasteiger partial charge in [0.15, 0.2) is 0 Å². The lowest BCUT2D eigenvalue weighted by Crippen LogP contribution is -2.46. The highest BCUT2D eigenvalue weighted by atomic mass is 16.1. The molecule has 0 spiro atoms. The monoisotopic (exact) mass is 394 g/mol. The number of amides is 1. The molecule has 4 rings (SSSR count). The topological polar surface area (TPSA) is 50.2 Å². The van der Waals surface area contributed by atoms with Crippen molar-refractivity contribution in [2.45, 2.75) is 64.8 Å². The number of likely N-dealkylation sites (tertiary alicyclic amines) is 1. The number of pyridine rings is 1. The number of nitrogens with one attached hydrogen (secondary N) is 1. The van der Waals surface area contributed by atoms with Gasteiger partial charge in [0, 0.05) is 43.3 Å². The number of hydrogen-bond donors (Lipinski definition) is 1. The molecule has 156 valence electrons. The van der Waals surface area contributed by atoms with Crippen LogP contribution in [-0.2, 0) is 0 Å². The summed E-state index contributed by atoms with van der Waals surface area (Å²) >= 11 is 0. The number of aryl methyl sites for hydroxylation is 1. The summed E-state index contributed by atoms with van der Waals surface area (Å²) in [5, 5.41) is 3.30. The summed E-state index contributed by atoms with van der Waals surface area (Å²) in [6, 6.07) is 6.23. The molecule has 0 radical (unpaired) electrons. The van der Waals surface area contributed by atoms with Crippen LogP contribution in [-0.4, -0.2) is 46.0 Å². The molecule has 29 heavy (non-hydrogen) atoms.